The first-order valence-electron chi connectivity index (χ1n) is 12.1. The van der Waals surface area contributed by atoms with Crippen LogP contribution in [-0.4, -0.2) is 43.9 Å². The number of benzene rings is 2. The van der Waals surface area contributed by atoms with Crippen LogP contribution in [0.15, 0.2) is 66.9 Å². The molecule has 0 atom stereocenters. The SMILES string of the molecule is CC1(C)CN(C(=O)c2ccc[nH]2)Cc2c(C(=O)Nc3cccc(C(N)=O)c3)nn(Cc3ccc(F)cc3)c21. The van der Waals surface area contributed by atoms with Crippen molar-refractivity contribution in [2.45, 2.75) is 32.4 Å². The number of rotatable bonds is 6. The van der Waals surface area contributed by atoms with Gasteiger partial charge in [-0.25, -0.2) is 4.39 Å². The van der Waals surface area contributed by atoms with Crippen molar-refractivity contribution in [3.63, 3.8) is 0 Å². The number of halogens is 1. The molecule has 4 aromatic rings. The molecule has 0 saturated heterocycles. The topological polar surface area (TPSA) is 126 Å². The van der Waals surface area contributed by atoms with Crippen molar-refractivity contribution in [1.82, 2.24) is 19.7 Å². The third kappa shape index (κ3) is 4.80. The summed E-state index contributed by atoms with van der Waals surface area (Å²) in [5.41, 5.74) is 8.39. The molecule has 9 nitrogen and oxygen atoms in total. The van der Waals surface area contributed by atoms with Crippen LogP contribution in [0.25, 0.3) is 0 Å². The lowest BCUT2D eigenvalue weighted by atomic mass is 9.82. The largest absolute Gasteiger partial charge is 0.366 e. The first kappa shape index (κ1) is 24.9. The number of anilines is 1. The summed E-state index contributed by atoms with van der Waals surface area (Å²) in [6, 6.07) is 15.9. The van der Waals surface area contributed by atoms with Gasteiger partial charge in [0.2, 0.25) is 5.91 Å². The summed E-state index contributed by atoms with van der Waals surface area (Å²) in [4.78, 5) is 43.0. The van der Waals surface area contributed by atoms with Crippen LogP contribution in [0.1, 0.15) is 62.0 Å². The fraction of sp³-hybridized carbons (Fsp3) is 0.214. The van der Waals surface area contributed by atoms with E-state index in [0.29, 0.717) is 30.0 Å². The van der Waals surface area contributed by atoms with Gasteiger partial charge >= 0.3 is 0 Å². The van der Waals surface area contributed by atoms with Crippen LogP contribution < -0.4 is 11.1 Å². The van der Waals surface area contributed by atoms with E-state index in [1.807, 2.05) is 13.8 Å². The quantitative estimate of drug-likeness (QED) is 0.363. The Bertz CT molecular complexity index is 1520. The number of hydrogen-bond acceptors (Lipinski definition) is 4. The van der Waals surface area contributed by atoms with Gasteiger partial charge in [0.05, 0.1) is 18.8 Å². The molecule has 10 heteroatoms. The number of carbonyl (C=O) groups excluding carboxylic acids is 3. The van der Waals surface area contributed by atoms with Gasteiger partial charge in [0.15, 0.2) is 5.69 Å². The molecule has 0 aliphatic carbocycles. The Labute approximate surface area is 218 Å². The van der Waals surface area contributed by atoms with Crippen LogP contribution in [0.3, 0.4) is 0 Å². The molecule has 1 aliphatic heterocycles. The summed E-state index contributed by atoms with van der Waals surface area (Å²) in [5.74, 6) is -1.61. The van der Waals surface area contributed by atoms with Gasteiger partial charge in [-0.15, -0.1) is 0 Å². The number of nitrogens with one attached hydrogen (secondary N) is 2. The Hall–Kier alpha value is -4.73. The summed E-state index contributed by atoms with van der Waals surface area (Å²) in [5, 5.41) is 7.49. The molecular weight excluding hydrogens is 487 g/mol. The van der Waals surface area contributed by atoms with Crippen LogP contribution in [0, 0.1) is 5.82 Å². The summed E-state index contributed by atoms with van der Waals surface area (Å²) >= 11 is 0. The minimum atomic E-state index is -0.609. The highest BCUT2D eigenvalue weighted by Crippen LogP contribution is 2.36. The van der Waals surface area contributed by atoms with E-state index in [9.17, 15) is 18.8 Å². The maximum absolute atomic E-state index is 13.5. The zero-order valence-electron chi connectivity index (χ0n) is 21.0. The number of carbonyl (C=O) groups is 3. The number of fused-ring (bicyclic) bond motifs is 1. The fourth-order valence-electron chi connectivity index (χ4n) is 4.98. The number of nitrogens with zero attached hydrogens (tertiary/aromatic N) is 3. The molecule has 0 fully saturated rings. The van der Waals surface area contributed by atoms with Crippen molar-refractivity contribution < 1.29 is 18.8 Å². The molecule has 0 unspecified atom stereocenters. The van der Waals surface area contributed by atoms with Gasteiger partial charge in [0.25, 0.3) is 11.8 Å². The number of nitrogens with two attached hydrogens (primary N) is 1. The van der Waals surface area contributed by atoms with E-state index in [1.54, 1.807) is 58.2 Å². The number of H-pyrrole nitrogens is 1. The summed E-state index contributed by atoms with van der Waals surface area (Å²) < 4.78 is 15.3. The lowest BCUT2D eigenvalue weighted by Crippen LogP contribution is -2.46. The molecule has 1 aliphatic rings. The zero-order chi connectivity index (χ0) is 27.0. The predicted octanol–water partition coefficient (Wildman–Crippen LogP) is 3.68. The maximum Gasteiger partial charge on any atom is 0.276 e. The summed E-state index contributed by atoms with van der Waals surface area (Å²) in [6.45, 7) is 4.92. The predicted molar refractivity (Wildman–Crippen MR) is 139 cm³/mol. The van der Waals surface area contributed by atoms with Crippen LogP contribution >= 0.6 is 0 Å². The van der Waals surface area contributed by atoms with Crippen molar-refractivity contribution in [3.05, 3.63) is 106 Å². The van der Waals surface area contributed by atoms with Crippen molar-refractivity contribution >= 4 is 23.4 Å². The first-order chi connectivity index (χ1) is 18.1. The van der Waals surface area contributed by atoms with Crippen molar-refractivity contribution in [2.24, 2.45) is 5.73 Å². The zero-order valence-corrected chi connectivity index (χ0v) is 21.0. The first-order valence-corrected chi connectivity index (χ1v) is 12.1. The van der Waals surface area contributed by atoms with Gasteiger partial charge in [-0.2, -0.15) is 5.10 Å². The summed E-state index contributed by atoms with van der Waals surface area (Å²) in [7, 11) is 0. The highest BCUT2D eigenvalue weighted by atomic mass is 19.1. The molecule has 0 spiro atoms. The average molecular weight is 515 g/mol. The van der Waals surface area contributed by atoms with E-state index >= 15 is 0 Å². The molecule has 0 saturated carbocycles. The fourth-order valence-corrected chi connectivity index (χ4v) is 4.98. The second kappa shape index (κ2) is 9.62. The molecular formula is C28H27FN6O3. The van der Waals surface area contributed by atoms with Crippen molar-refractivity contribution in [3.8, 4) is 0 Å². The Balaban J connectivity index is 1.55. The van der Waals surface area contributed by atoms with Gasteiger partial charge in [0, 0.05) is 35.0 Å². The molecule has 0 bridgehead atoms. The van der Waals surface area contributed by atoms with E-state index in [4.69, 9.17) is 5.73 Å². The lowest BCUT2D eigenvalue weighted by Gasteiger charge is -2.38. The van der Waals surface area contributed by atoms with Gasteiger partial charge in [-0.3, -0.25) is 19.1 Å². The second-order valence-electron chi connectivity index (χ2n) is 9.99. The number of aromatic nitrogens is 3. The van der Waals surface area contributed by atoms with Crippen molar-refractivity contribution in [2.75, 3.05) is 11.9 Å². The minimum Gasteiger partial charge on any atom is -0.366 e. The van der Waals surface area contributed by atoms with Gasteiger partial charge in [-0.05, 0) is 48.0 Å². The lowest BCUT2D eigenvalue weighted by molar-refractivity contribution is 0.0674. The third-order valence-electron chi connectivity index (χ3n) is 6.61. The monoisotopic (exact) mass is 514 g/mol. The molecule has 0 radical (unpaired) electrons. The molecule has 2 aromatic heterocycles. The number of primary amides is 1. The van der Waals surface area contributed by atoms with Crippen LogP contribution in [0.2, 0.25) is 0 Å². The maximum atomic E-state index is 13.5. The Morgan fingerprint density at radius 1 is 1.11 bits per heavy atom. The average Bonchev–Trinajstić information content (AvgIpc) is 3.54. The molecule has 194 valence electrons. The number of aromatic amines is 1. The highest BCUT2D eigenvalue weighted by molar-refractivity contribution is 6.05. The molecule has 2 aromatic carbocycles. The van der Waals surface area contributed by atoms with E-state index in [1.165, 1.54) is 18.2 Å². The second-order valence-corrected chi connectivity index (χ2v) is 9.99. The molecule has 5 rings (SSSR count). The van der Waals surface area contributed by atoms with Crippen LogP contribution in [-0.2, 0) is 18.5 Å². The van der Waals surface area contributed by atoms with Gasteiger partial charge in [-0.1, -0.05) is 32.0 Å². The van der Waals surface area contributed by atoms with Crippen molar-refractivity contribution in [1.29, 1.82) is 0 Å². The molecule has 3 amide bonds. The van der Waals surface area contributed by atoms with Crippen LogP contribution in [0.4, 0.5) is 10.1 Å². The Kier molecular flexibility index (Phi) is 6.31. The molecule has 38 heavy (non-hydrogen) atoms. The minimum absolute atomic E-state index is 0.170. The van der Waals surface area contributed by atoms with E-state index in [-0.39, 0.29) is 29.5 Å². The third-order valence-corrected chi connectivity index (χ3v) is 6.61. The standard InChI is InChI=1S/C28H27FN6O3/c1-28(2)16-34(27(38)22-7-4-12-31-22)15-21-23(26(37)32-20-6-3-5-18(13-20)25(30)36)33-35(24(21)28)14-17-8-10-19(29)11-9-17/h3-13,31H,14-16H2,1-2H3,(H2,30,36)(H,32,37). The Morgan fingerprint density at radius 3 is 2.55 bits per heavy atom. The number of hydrogen-bond donors (Lipinski definition) is 3. The molecule has 3 heterocycles. The van der Waals surface area contributed by atoms with Crippen LogP contribution in [0.5, 0.6) is 0 Å². The highest BCUT2D eigenvalue weighted by Gasteiger charge is 2.41. The van der Waals surface area contributed by atoms with E-state index < -0.39 is 17.2 Å². The van der Waals surface area contributed by atoms with Gasteiger partial charge < -0.3 is 20.9 Å². The van der Waals surface area contributed by atoms with E-state index in [0.717, 1.165) is 11.3 Å². The Morgan fingerprint density at radius 2 is 1.87 bits per heavy atom. The molecule has 4 N–H and O–H groups in total. The normalized spacial score (nSPS) is 14.1. The number of amides is 3. The smallest absolute Gasteiger partial charge is 0.276 e. The van der Waals surface area contributed by atoms with E-state index in [2.05, 4.69) is 15.4 Å². The van der Waals surface area contributed by atoms with Gasteiger partial charge in [0.1, 0.15) is 11.5 Å². The summed E-state index contributed by atoms with van der Waals surface area (Å²) in [6.07, 6.45) is 1.69.